The Hall–Kier alpha value is -2.37. The van der Waals surface area contributed by atoms with Gasteiger partial charge in [-0.25, -0.2) is 8.42 Å². The molecule has 0 unspecified atom stereocenters. The van der Waals surface area contributed by atoms with Crippen LogP contribution in [0.15, 0.2) is 23.1 Å². The summed E-state index contributed by atoms with van der Waals surface area (Å²) in [7, 11) is -1.48. The summed E-state index contributed by atoms with van der Waals surface area (Å²) in [5, 5.41) is 9.61. The topological polar surface area (TPSA) is 131 Å². The molecule has 0 aliphatic carbocycles. The van der Waals surface area contributed by atoms with E-state index in [1.807, 2.05) is 0 Å². The molecule has 1 atom stereocenters. The van der Waals surface area contributed by atoms with Crippen LogP contribution in [0.25, 0.3) is 0 Å². The molecule has 11 heteroatoms. The predicted molar refractivity (Wildman–Crippen MR) is 83.6 cm³/mol. The van der Waals surface area contributed by atoms with Crippen LogP contribution < -0.4 is 14.3 Å². The van der Waals surface area contributed by atoms with Crippen LogP contribution in [-0.4, -0.2) is 63.9 Å². The minimum absolute atomic E-state index is 0.00144. The number of methoxy groups -OCH3 is 2. The van der Waals surface area contributed by atoms with E-state index in [0.717, 1.165) is 5.01 Å². The van der Waals surface area contributed by atoms with Crippen LogP contribution >= 0.6 is 0 Å². The van der Waals surface area contributed by atoms with Crippen molar-refractivity contribution in [3.05, 3.63) is 18.2 Å². The van der Waals surface area contributed by atoms with Crippen molar-refractivity contribution in [1.29, 1.82) is 0 Å². The summed E-state index contributed by atoms with van der Waals surface area (Å²) >= 11 is 0. The molecule has 1 aromatic rings. The van der Waals surface area contributed by atoms with Gasteiger partial charge in [0.1, 0.15) is 22.5 Å². The molecule has 0 aromatic heterocycles. The number of hydrogen-bond donors (Lipinski definition) is 2. The SMILES string of the molecule is COc1ccc(OC)c(S(=O)(=O)NN2CCO[C@@H](CC(=O)O)C2=O)c1. The predicted octanol–water partition coefficient (Wildman–Crippen LogP) is -0.401. The molecule has 0 radical (unpaired) electrons. The Kier molecular flexibility index (Phi) is 5.82. The number of carboxylic acids is 1. The highest BCUT2D eigenvalue weighted by Gasteiger charge is 2.34. The van der Waals surface area contributed by atoms with Gasteiger partial charge < -0.3 is 19.3 Å². The van der Waals surface area contributed by atoms with Gasteiger partial charge in [0, 0.05) is 6.07 Å². The second-order valence-corrected chi connectivity index (χ2v) is 6.69. The molecule has 0 bridgehead atoms. The van der Waals surface area contributed by atoms with Crippen molar-refractivity contribution < 1.29 is 37.3 Å². The minimum Gasteiger partial charge on any atom is -0.497 e. The molecule has 1 amide bonds. The zero-order chi connectivity index (χ0) is 18.6. The third kappa shape index (κ3) is 4.38. The van der Waals surface area contributed by atoms with E-state index in [0.29, 0.717) is 5.75 Å². The molecule has 138 valence electrons. The quantitative estimate of drug-likeness (QED) is 0.659. The van der Waals surface area contributed by atoms with Gasteiger partial charge in [-0.2, -0.15) is 0 Å². The number of hydrogen-bond acceptors (Lipinski definition) is 7. The van der Waals surface area contributed by atoms with Crippen molar-refractivity contribution in [2.24, 2.45) is 0 Å². The summed E-state index contributed by atoms with van der Waals surface area (Å²) in [6, 6.07) is 4.20. The van der Waals surface area contributed by atoms with E-state index in [2.05, 4.69) is 4.83 Å². The second-order valence-electron chi connectivity index (χ2n) is 5.06. The second kappa shape index (κ2) is 7.68. The number of aliphatic carboxylic acids is 1. The van der Waals surface area contributed by atoms with Gasteiger partial charge in [0.05, 0.1) is 33.8 Å². The Morgan fingerprint density at radius 3 is 2.72 bits per heavy atom. The molecule has 0 saturated carbocycles. The monoisotopic (exact) mass is 374 g/mol. The number of benzene rings is 1. The van der Waals surface area contributed by atoms with Gasteiger partial charge >= 0.3 is 5.97 Å². The van der Waals surface area contributed by atoms with Crippen LogP contribution in [0.2, 0.25) is 0 Å². The Bertz CT molecular complexity index is 764. The minimum atomic E-state index is -4.17. The van der Waals surface area contributed by atoms with Gasteiger partial charge in [-0.05, 0) is 12.1 Å². The lowest BCUT2D eigenvalue weighted by Gasteiger charge is -2.31. The molecular weight excluding hydrogens is 356 g/mol. The smallest absolute Gasteiger partial charge is 0.306 e. The fraction of sp³-hybridized carbons (Fsp3) is 0.429. The number of sulfonamides is 1. The molecule has 1 aromatic carbocycles. The first-order valence-electron chi connectivity index (χ1n) is 7.17. The molecule has 1 saturated heterocycles. The highest BCUT2D eigenvalue weighted by Crippen LogP contribution is 2.28. The number of hydrazine groups is 1. The van der Waals surface area contributed by atoms with Gasteiger partial charge in [-0.3, -0.25) is 14.6 Å². The Balaban J connectivity index is 2.26. The van der Waals surface area contributed by atoms with E-state index in [9.17, 15) is 18.0 Å². The molecule has 2 rings (SSSR count). The van der Waals surface area contributed by atoms with Gasteiger partial charge in [0.25, 0.3) is 15.9 Å². The first kappa shape index (κ1) is 19.0. The zero-order valence-electron chi connectivity index (χ0n) is 13.6. The van der Waals surface area contributed by atoms with E-state index in [4.69, 9.17) is 19.3 Å². The lowest BCUT2D eigenvalue weighted by Crippen LogP contribution is -2.55. The van der Waals surface area contributed by atoms with E-state index in [-0.39, 0.29) is 23.8 Å². The number of ether oxygens (including phenoxy) is 3. The van der Waals surface area contributed by atoms with Crippen LogP contribution in [0.5, 0.6) is 11.5 Å². The number of carbonyl (C=O) groups excluding carboxylic acids is 1. The number of carbonyl (C=O) groups is 2. The van der Waals surface area contributed by atoms with Gasteiger partial charge in [-0.15, -0.1) is 4.83 Å². The van der Waals surface area contributed by atoms with Gasteiger partial charge in [0.15, 0.2) is 0 Å². The highest BCUT2D eigenvalue weighted by atomic mass is 32.2. The normalized spacial score (nSPS) is 18.1. The molecule has 1 aliphatic heterocycles. The van der Waals surface area contributed by atoms with Crippen molar-refractivity contribution in [3.8, 4) is 11.5 Å². The molecule has 1 fully saturated rings. The van der Waals surface area contributed by atoms with E-state index in [1.54, 1.807) is 0 Å². The van der Waals surface area contributed by atoms with E-state index >= 15 is 0 Å². The third-order valence-corrected chi connectivity index (χ3v) is 4.78. The van der Waals surface area contributed by atoms with Crippen molar-refractivity contribution in [2.45, 2.75) is 17.4 Å². The summed E-state index contributed by atoms with van der Waals surface area (Å²) in [5.41, 5.74) is 0. The van der Waals surface area contributed by atoms with Crippen LogP contribution in [0.3, 0.4) is 0 Å². The molecule has 2 N–H and O–H groups in total. The van der Waals surface area contributed by atoms with Crippen molar-refractivity contribution in [1.82, 2.24) is 9.84 Å². The first-order valence-corrected chi connectivity index (χ1v) is 8.66. The fourth-order valence-corrected chi connectivity index (χ4v) is 3.48. The number of rotatable bonds is 7. The van der Waals surface area contributed by atoms with Crippen LogP contribution in [0, 0.1) is 0 Å². The van der Waals surface area contributed by atoms with Crippen molar-refractivity contribution >= 4 is 21.9 Å². The largest absolute Gasteiger partial charge is 0.497 e. The van der Waals surface area contributed by atoms with E-state index < -0.39 is 34.4 Å². The lowest BCUT2D eigenvalue weighted by molar-refractivity contribution is -0.161. The first-order chi connectivity index (χ1) is 11.8. The van der Waals surface area contributed by atoms with Crippen LogP contribution in [-0.2, 0) is 24.3 Å². The maximum absolute atomic E-state index is 12.6. The summed E-state index contributed by atoms with van der Waals surface area (Å²) in [5.74, 6) is -1.65. The number of carboxylic acid groups (broad SMARTS) is 1. The fourth-order valence-electron chi connectivity index (χ4n) is 2.23. The standard InChI is InChI=1S/C14H18N2O8S/c1-22-9-3-4-10(23-2)12(7-9)25(20,21)15-16-5-6-24-11(14(16)19)8-13(17)18/h3-4,7,11,15H,5-6,8H2,1-2H3,(H,17,18)/t11-/m0/s1. The summed E-state index contributed by atoms with van der Waals surface area (Å²) < 4.78 is 40.4. The van der Waals surface area contributed by atoms with Crippen LogP contribution in [0.1, 0.15) is 6.42 Å². The van der Waals surface area contributed by atoms with Crippen molar-refractivity contribution in [3.63, 3.8) is 0 Å². The maximum atomic E-state index is 12.6. The highest BCUT2D eigenvalue weighted by molar-refractivity contribution is 7.89. The molecule has 1 aliphatic rings. The summed E-state index contributed by atoms with van der Waals surface area (Å²) in [6.45, 7) is -0.0537. The number of nitrogens with zero attached hydrogens (tertiary/aromatic N) is 1. The van der Waals surface area contributed by atoms with E-state index in [1.165, 1.54) is 32.4 Å². The Morgan fingerprint density at radius 1 is 1.40 bits per heavy atom. The molecule has 1 heterocycles. The molecule has 25 heavy (non-hydrogen) atoms. The lowest BCUT2D eigenvalue weighted by atomic mass is 10.2. The third-order valence-electron chi connectivity index (χ3n) is 3.43. The summed E-state index contributed by atoms with van der Waals surface area (Å²) in [6.07, 6.45) is -1.80. The van der Waals surface area contributed by atoms with Gasteiger partial charge in [0.2, 0.25) is 0 Å². The Morgan fingerprint density at radius 2 is 2.12 bits per heavy atom. The van der Waals surface area contributed by atoms with Gasteiger partial charge in [-0.1, -0.05) is 0 Å². The van der Waals surface area contributed by atoms with Crippen molar-refractivity contribution in [2.75, 3.05) is 27.4 Å². The maximum Gasteiger partial charge on any atom is 0.306 e. The number of nitrogens with one attached hydrogen (secondary N) is 1. The van der Waals surface area contributed by atoms with Crippen LogP contribution in [0.4, 0.5) is 0 Å². The number of amides is 1. The molecular formula is C14H18N2O8S. The zero-order valence-corrected chi connectivity index (χ0v) is 14.4. The molecule has 10 nitrogen and oxygen atoms in total. The molecule has 0 spiro atoms. The Labute approximate surface area is 144 Å². The number of morpholine rings is 1. The summed E-state index contributed by atoms with van der Waals surface area (Å²) in [4.78, 5) is 24.9. The average Bonchev–Trinajstić information content (AvgIpc) is 2.57. The average molecular weight is 374 g/mol.